The average Bonchev–Trinajstić information content (AvgIpc) is 2.42. The lowest BCUT2D eigenvalue weighted by atomic mass is 9.90. The van der Waals surface area contributed by atoms with Crippen LogP contribution in [0.15, 0.2) is 24.3 Å². The number of hydrogen-bond acceptors (Lipinski definition) is 3. The van der Waals surface area contributed by atoms with Gasteiger partial charge in [0.1, 0.15) is 5.75 Å². The van der Waals surface area contributed by atoms with E-state index >= 15 is 0 Å². The molecule has 1 heterocycles. The first-order valence-corrected chi connectivity index (χ1v) is 7.16. The first-order valence-electron chi connectivity index (χ1n) is 7.16. The van der Waals surface area contributed by atoms with Gasteiger partial charge in [0.2, 0.25) is 0 Å². The van der Waals surface area contributed by atoms with Crippen LogP contribution < -0.4 is 10.1 Å². The third kappa shape index (κ3) is 4.37. The lowest BCUT2D eigenvalue weighted by molar-refractivity contribution is 0.121. The first-order chi connectivity index (χ1) is 9.10. The molecule has 3 atom stereocenters. The molecule has 0 amide bonds. The van der Waals surface area contributed by atoms with Gasteiger partial charge in [0.25, 0.3) is 0 Å². The summed E-state index contributed by atoms with van der Waals surface area (Å²) in [5.74, 6) is 1.63. The summed E-state index contributed by atoms with van der Waals surface area (Å²) in [6.07, 6.45) is 1.23. The maximum Gasteiger partial charge on any atom is 0.118 e. The molecule has 0 saturated carbocycles. The minimum absolute atomic E-state index is 0. The van der Waals surface area contributed by atoms with Crippen molar-refractivity contribution in [1.82, 2.24) is 10.2 Å². The number of methoxy groups -OCH3 is 1. The van der Waals surface area contributed by atoms with Crippen molar-refractivity contribution in [2.24, 2.45) is 5.92 Å². The zero-order chi connectivity index (χ0) is 13.8. The summed E-state index contributed by atoms with van der Waals surface area (Å²) in [6.45, 7) is 6.78. The molecule has 1 aromatic rings. The smallest absolute Gasteiger partial charge is 0.118 e. The zero-order valence-corrected chi connectivity index (χ0v) is 13.7. The van der Waals surface area contributed by atoms with Crippen LogP contribution in [-0.4, -0.2) is 37.7 Å². The Hall–Kier alpha value is -0.770. The van der Waals surface area contributed by atoms with Crippen molar-refractivity contribution in [2.75, 3.05) is 20.7 Å². The number of nitrogens with zero attached hydrogens (tertiary/aromatic N) is 1. The first kappa shape index (κ1) is 17.3. The monoisotopic (exact) mass is 298 g/mol. The normalized spacial score (nSPS) is 26.9. The maximum atomic E-state index is 5.18. The van der Waals surface area contributed by atoms with E-state index in [9.17, 15) is 0 Å². The highest BCUT2D eigenvalue weighted by Crippen LogP contribution is 2.21. The van der Waals surface area contributed by atoms with Crippen molar-refractivity contribution in [3.05, 3.63) is 29.8 Å². The van der Waals surface area contributed by atoms with Gasteiger partial charge in [-0.25, -0.2) is 0 Å². The lowest BCUT2D eigenvalue weighted by Crippen LogP contribution is -2.50. The quantitative estimate of drug-likeness (QED) is 0.925. The van der Waals surface area contributed by atoms with Crippen LogP contribution in [0.2, 0.25) is 0 Å². The van der Waals surface area contributed by atoms with E-state index in [1.807, 2.05) is 12.1 Å². The summed E-state index contributed by atoms with van der Waals surface area (Å²) in [6, 6.07) is 9.61. The van der Waals surface area contributed by atoms with Gasteiger partial charge in [-0.3, -0.25) is 0 Å². The summed E-state index contributed by atoms with van der Waals surface area (Å²) in [4.78, 5) is 2.45. The standard InChI is InChI=1S/C16H26N2O.ClH/c1-12-11-18(3)13(2)9-16(12)17-10-14-5-7-15(19-4)8-6-14;/h5-8,12-13,16-17H,9-11H2,1-4H3;1H. The highest BCUT2D eigenvalue weighted by atomic mass is 35.5. The number of halogens is 1. The van der Waals surface area contributed by atoms with Gasteiger partial charge in [0, 0.05) is 25.2 Å². The van der Waals surface area contributed by atoms with Gasteiger partial charge in [-0.2, -0.15) is 0 Å². The van der Waals surface area contributed by atoms with Gasteiger partial charge in [0.15, 0.2) is 0 Å². The van der Waals surface area contributed by atoms with Crippen molar-refractivity contribution in [2.45, 2.75) is 38.9 Å². The Morgan fingerprint density at radius 3 is 2.50 bits per heavy atom. The van der Waals surface area contributed by atoms with Gasteiger partial charge in [-0.15, -0.1) is 12.4 Å². The summed E-state index contributed by atoms with van der Waals surface area (Å²) < 4.78 is 5.18. The molecule has 0 radical (unpaired) electrons. The summed E-state index contributed by atoms with van der Waals surface area (Å²) in [7, 11) is 3.93. The Morgan fingerprint density at radius 1 is 1.25 bits per heavy atom. The molecule has 3 nitrogen and oxygen atoms in total. The SMILES string of the molecule is COc1ccc(CNC2CC(C)N(C)CC2C)cc1.Cl. The predicted octanol–water partition coefficient (Wildman–Crippen LogP) is 2.94. The van der Waals surface area contributed by atoms with Gasteiger partial charge in [-0.05, 0) is 44.0 Å². The third-order valence-electron chi connectivity index (χ3n) is 4.34. The third-order valence-corrected chi connectivity index (χ3v) is 4.34. The fourth-order valence-corrected chi connectivity index (χ4v) is 2.82. The molecule has 3 unspecified atom stereocenters. The Kier molecular flexibility index (Phi) is 6.80. The Morgan fingerprint density at radius 2 is 1.90 bits per heavy atom. The molecule has 2 rings (SSSR count). The van der Waals surface area contributed by atoms with Crippen LogP contribution in [0, 0.1) is 5.92 Å². The molecule has 1 fully saturated rings. The largest absolute Gasteiger partial charge is 0.497 e. The van der Waals surface area contributed by atoms with E-state index < -0.39 is 0 Å². The molecule has 4 heteroatoms. The van der Waals surface area contributed by atoms with Crippen molar-refractivity contribution in [3.63, 3.8) is 0 Å². The van der Waals surface area contributed by atoms with E-state index in [2.05, 4.69) is 43.2 Å². The minimum atomic E-state index is 0. The van der Waals surface area contributed by atoms with Crippen LogP contribution >= 0.6 is 12.4 Å². The molecular formula is C16H27ClN2O. The molecule has 1 aliphatic rings. The van der Waals surface area contributed by atoms with Crippen LogP contribution in [0.4, 0.5) is 0 Å². The molecule has 0 bridgehead atoms. The van der Waals surface area contributed by atoms with Crippen molar-refractivity contribution < 1.29 is 4.74 Å². The maximum absolute atomic E-state index is 5.18. The predicted molar refractivity (Wildman–Crippen MR) is 86.7 cm³/mol. The van der Waals surface area contributed by atoms with E-state index in [-0.39, 0.29) is 12.4 Å². The second-order valence-corrected chi connectivity index (χ2v) is 5.84. The van der Waals surface area contributed by atoms with Crippen LogP contribution in [0.5, 0.6) is 5.75 Å². The number of ether oxygens (including phenoxy) is 1. The van der Waals surface area contributed by atoms with Gasteiger partial charge in [-0.1, -0.05) is 19.1 Å². The number of hydrogen-bond donors (Lipinski definition) is 1. The fraction of sp³-hybridized carbons (Fsp3) is 0.625. The van der Waals surface area contributed by atoms with E-state index in [4.69, 9.17) is 4.74 Å². The highest BCUT2D eigenvalue weighted by molar-refractivity contribution is 5.85. The summed E-state index contributed by atoms with van der Waals surface area (Å²) in [5.41, 5.74) is 1.32. The fourth-order valence-electron chi connectivity index (χ4n) is 2.82. The van der Waals surface area contributed by atoms with Crippen LogP contribution in [0.25, 0.3) is 0 Å². The van der Waals surface area contributed by atoms with Crippen LogP contribution in [0.1, 0.15) is 25.8 Å². The van der Waals surface area contributed by atoms with E-state index in [1.54, 1.807) is 7.11 Å². The zero-order valence-electron chi connectivity index (χ0n) is 12.9. The molecular weight excluding hydrogens is 272 g/mol. The second-order valence-electron chi connectivity index (χ2n) is 5.84. The molecule has 114 valence electrons. The minimum Gasteiger partial charge on any atom is -0.497 e. The Labute approximate surface area is 129 Å². The highest BCUT2D eigenvalue weighted by Gasteiger charge is 2.28. The Balaban J connectivity index is 0.00000200. The average molecular weight is 299 g/mol. The summed E-state index contributed by atoms with van der Waals surface area (Å²) in [5, 5.41) is 3.71. The molecule has 1 saturated heterocycles. The number of likely N-dealkylation sites (tertiary alicyclic amines) is 1. The van der Waals surface area contributed by atoms with Gasteiger partial charge < -0.3 is 15.0 Å². The van der Waals surface area contributed by atoms with Crippen molar-refractivity contribution in [1.29, 1.82) is 0 Å². The van der Waals surface area contributed by atoms with Gasteiger partial charge in [0.05, 0.1) is 7.11 Å². The Bertz CT molecular complexity index is 396. The molecule has 20 heavy (non-hydrogen) atoms. The molecule has 1 aromatic carbocycles. The number of piperidine rings is 1. The second kappa shape index (κ2) is 7.87. The summed E-state index contributed by atoms with van der Waals surface area (Å²) >= 11 is 0. The number of rotatable bonds is 4. The van der Waals surface area contributed by atoms with Crippen molar-refractivity contribution >= 4 is 12.4 Å². The molecule has 0 aliphatic carbocycles. The lowest BCUT2D eigenvalue weighted by Gasteiger charge is -2.40. The van der Waals surface area contributed by atoms with E-state index in [0.29, 0.717) is 18.0 Å². The van der Waals surface area contributed by atoms with Crippen LogP contribution in [0.3, 0.4) is 0 Å². The number of benzene rings is 1. The molecule has 1 aliphatic heterocycles. The molecule has 0 aromatic heterocycles. The molecule has 0 spiro atoms. The topological polar surface area (TPSA) is 24.5 Å². The van der Waals surface area contributed by atoms with E-state index in [1.165, 1.54) is 18.5 Å². The van der Waals surface area contributed by atoms with Crippen molar-refractivity contribution in [3.8, 4) is 5.75 Å². The number of nitrogens with one attached hydrogen (secondary N) is 1. The molecule has 1 N–H and O–H groups in total. The van der Waals surface area contributed by atoms with Crippen LogP contribution in [-0.2, 0) is 6.54 Å². The van der Waals surface area contributed by atoms with Gasteiger partial charge >= 0.3 is 0 Å². The van der Waals surface area contributed by atoms with E-state index in [0.717, 1.165) is 12.3 Å².